The van der Waals surface area contributed by atoms with E-state index in [9.17, 15) is 17.2 Å². The maximum Gasteiger partial charge on any atom is 0.264 e. The lowest BCUT2D eigenvalue weighted by atomic mass is 10.1. The van der Waals surface area contributed by atoms with Crippen molar-refractivity contribution in [3.8, 4) is 0 Å². The molecule has 0 saturated heterocycles. The maximum atomic E-state index is 14.7. The Balaban J connectivity index is 2.31. The molecule has 1 atom stereocenters. The molecule has 0 spiro atoms. The summed E-state index contributed by atoms with van der Waals surface area (Å²) in [6, 6.07) is 7.79. The Labute approximate surface area is 196 Å². The minimum atomic E-state index is -4.16. The maximum absolute atomic E-state index is 14.7. The molecule has 0 N–H and O–H groups in total. The molecular weight excluding hydrogens is 472 g/mol. The van der Waals surface area contributed by atoms with E-state index < -0.39 is 36.0 Å². The average Bonchev–Trinajstić information content (AvgIpc) is 2.67. The number of hydrogen-bond acceptors (Lipinski definition) is 3. The van der Waals surface area contributed by atoms with Crippen LogP contribution < -0.4 is 4.31 Å². The molecule has 0 bridgehead atoms. The Morgan fingerprint density at radius 2 is 1.69 bits per heavy atom. The fourth-order valence-electron chi connectivity index (χ4n) is 3.02. The van der Waals surface area contributed by atoms with Gasteiger partial charge in [-0.25, -0.2) is 17.2 Å². The van der Waals surface area contributed by atoms with Gasteiger partial charge in [-0.15, -0.1) is 0 Å². The molecule has 4 nitrogen and oxygen atoms in total. The van der Waals surface area contributed by atoms with Crippen LogP contribution in [0.15, 0.2) is 47.4 Å². The summed E-state index contributed by atoms with van der Waals surface area (Å²) in [4.78, 5) is -0.0464. The van der Waals surface area contributed by atoms with Crippen molar-refractivity contribution in [3.63, 3.8) is 0 Å². The van der Waals surface area contributed by atoms with Crippen LogP contribution in [0.2, 0.25) is 23.2 Å². The average molecular weight is 504 g/mol. The summed E-state index contributed by atoms with van der Waals surface area (Å²) in [5.41, 5.74) is -0.322. The van der Waals surface area contributed by atoms with Crippen molar-refractivity contribution in [2.24, 2.45) is 0 Å². The van der Waals surface area contributed by atoms with Crippen molar-refractivity contribution >= 4 is 35.6 Å². The van der Waals surface area contributed by atoms with Gasteiger partial charge in [0.1, 0.15) is 11.6 Å². The zero-order valence-electron chi connectivity index (χ0n) is 19.5. The number of sulfonamides is 1. The lowest BCUT2D eigenvalue weighted by Gasteiger charge is -2.36. The Kier molecular flexibility index (Phi) is 8.53. The van der Waals surface area contributed by atoms with E-state index in [2.05, 4.69) is 33.9 Å². The number of rotatable bonds is 9. The third-order valence-corrected chi connectivity index (χ3v) is 12.7. The molecule has 0 amide bonds. The third kappa shape index (κ3) is 6.31. The minimum Gasteiger partial charge on any atom is -0.417 e. The van der Waals surface area contributed by atoms with E-state index in [1.165, 1.54) is 24.3 Å². The molecular formula is C23H32ClF2NO3SSi. The first-order valence-electron chi connectivity index (χ1n) is 10.6. The largest absolute Gasteiger partial charge is 0.417 e. The van der Waals surface area contributed by atoms with Crippen LogP contribution in [0, 0.1) is 11.6 Å². The van der Waals surface area contributed by atoms with Crippen LogP contribution in [0.3, 0.4) is 0 Å². The van der Waals surface area contributed by atoms with Crippen molar-refractivity contribution in [1.29, 1.82) is 0 Å². The molecule has 0 aromatic heterocycles. The Hall–Kier alpha value is -1.48. The van der Waals surface area contributed by atoms with Gasteiger partial charge in [0.05, 0.1) is 10.6 Å². The predicted molar refractivity (Wildman–Crippen MR) is 129 cm³/mol. The van der Waals surface area contributed by atoms with Gasteiger partial charge in [0, 0.05) is 23.7 Å². The summed E-state index contributed by atoms with van der Waals surface area (Å²) in [5.74, 6) is -1.53. The lowest BCUT2D eigenvalue weighted by Crippen LogP contribution is -2.42. The molecule has 0 unspecified atom stereocenters. The minimum absolute atomic E-state index is 0.0464. The van der Waals surface area contributed by atoms with E-state index in [1.807, 2.05) is 0 Å². The van der Waals surface area contributed by atoms with Crippen molar-refractivity contribution in [2.75, 3.05) is 10.9 Å². The lowest BCUT2D eigenvalue weighted by molar-refractivity contribution is 0.276. The first kappa shape index (κ1) is 26.8. The van der Waals surface area contributed by atoms with Crippen LogP contribution in [-0.4, -0.2) is 29.4 Å². The van der Waals surface area contributed by atoms with Crippen LogP contribution in [0.4, 0.5) is 14.5 Å². The van der Waals surface area contributed by atoms with Crippen LogP contribution in [0.25, 0.3) is 0 Å². The van der Waals surface area contributed by atoms with Crippen molar-refractivity contribution in [2.45, 2.75) is 69.6 Å². The van der Waals surface area contributed by atoms with E-state index in [1.54, 1.807) is 6.92 Å². The molecule has 0 radical (unpaired) electrons. The monoisotopic (exact) mass is 503 g/mol. The Morgan fingerprint density at radius 3 is 2.25 bits per heavy atom. The second kappa shape index (κ2) is 10.2. The zero-order valence-corrected chi connectivity index (χ0v) is 22.0. The van der Waals surface area contributed by atoms with Gasteiger partial charge in [-0.2, -0.15) is 0 Å². The summed E-state index contributed by atoms with van der Waals surface area (Å²) < 4.78 is 62.6. The number of benzene rings is 2. The van der Waals surface area contributed by atoms with Crippen molar-refractivity contribution < 1.29 is 21.6 Å². The van der Waals surface area contributed by atoms with Gasteiger partial charge in [0.15, 0.2) is 8.32 Å². The van der Waals surface area contributed by atoms with E-state index >= 15 is 0 Å². The topological polar surface area (TPSA) is 46.6 Å². The molecule has 2 rings (SSSR count). The summed E-state index contributed by atoms with van der Waals surface area (Å²) in [7, 11) is -6.10. The molecule has 0 aliphatic rings. The second-order valence-electron chi connectivity index (χ2n) is 9.45. The number of anilines is 1. The molecule has 32 heavy (non-hydrogen) atoms. The van der Waals surface area contributed by atoms with Gasteiger partial charge in [-0.05, 0) is 74.3 Å². The van der Waals surface area contributed by atoms with Crippen LogP contribution >= 0.6 is 11.6 Å². The first-order chi connectivity index (χ1) is 14.7. The molecule has 0 aliphatic heterocycles. The highest BCUT2D eigenvalue weighted by Gasteiger charge is 2.37. The number of nitrogens with zero attached hydrogens (tertiary/aromatic N) is 1. The number of hydrogen-bond donors (Lipinski definition) is 0. The Bertz CT molecular complexity index is 1020. The van der Waals surface area contributed by atoms with Gasteiger partial charge in [0.2, 0.25) is 0 Å². The van der Waals surface area contributed by atoms with Crippen molar-refractivity contribution in [3.05, 3.63) is 59.1 Å². The van der Waals surface area contributed by atoms with E-state index in [0.717, 1.165) is 22.5 Å². The molecule has 2 aromatic carbocycles. The SMILES string of the molecule is C[C@H](CCCO[Si](C)(C)C(C)(C)C)N(c1cc(F)ccc1F)S(=O)(=O)c1ccc(Cl)cc1. The fraction of sp³-hybridized carbons (Fsp3) is 0.478. The molecule has 178 valence electrons. The molecule has 0 fully saturated rings. The normalized spacial score (nSPS) is 13.8. The summed E-state index contributed by atoms with van der Waals surface area (Å²) in [5, 5.41) is 0.441. The molecule has 0 aliphatic carbocycles. The zero-order chi connectivity index (χ0) is 24.3. The molecule has 2 aromatic rings. The van der Waals surface area contributed by atoms with Crippen LogP contribution in [-0.2, 0) is 14.4 Å². The smallest absolute Gasteiger partial charge is 0.264 e. The fourth-order valence-corrected chi connectivity index (χ4v) is 5.92. The van der Waals surface area contributed by atoms with E-state index in [0.29, 0.717) is 24.5 Å². The van der Waals surface area contributed by atoms with E-state index in [-0.39, 0.29) is 15.6 Å². The Morgan fingerprint density at radius 1 is 1.09 bits per heavy atom. The highest BCUT2D eigenvalue weighted by atomic mass is 35.5. The van der Waals surface area contributed by atoms with Crippen molar-refractivity contribution in [1.82, 2.24) is 0 Å². The summed E-state index contributed by atoms with van der Waals surface area (Å²) >= 11 is 5.89. The van der Waals surface area contributed by atoms with Gasteiger partial charge >= 0.3 is 0 Å². The first-order valence-corrected chi connectivity index (χ1v) is 15.3. The molecule has 9 heteroatoms. The van der Waals surface area contributed by atoms with Gasteiger partial charge in [-0.1, -0.05) is 32.4 Å². The summed E-state index contributed by atoms with van der Waals surface area (Å²) in [6.07, 6.45) is 0.995. The summed E-state index contributed by atoms with van der Waals surface area (Å²) in [6.45, 7) is 12.9. The standard InChI is InChI=1S/C23H32ClF2NO3SSi/c1-17(8-7-15-30-32(5,6)23(2,3)4)27(22-16-19(25)11-14-21(22)26)31(28,29)20-12-9-18(24)10-13-20/h9-14,16-17H,7-8,15H2,1-6H3/t17-/m1/s1. The third-order valence-electron chi connectivity index (χ3n) is 5.95. The molecule has 0 saturated carbocycles. The van der Waals surface area contributed by atoms with E-state index in [4.69, 9.17) is 16.0 Å². The quantitative estimate of drug-likeness (QED) is 0.273. The van der Waals surface area contributed by atoms with Crippen LogP contribution in [0.5, 0.6) is 0 Å². The van der Waals surface area contributed by atoms with Crippen LogP contribution in [0.1, 0.15) is 40.5 Å². The molecule has 0 heterocycles. The predicted octanol–water partition coefficient (Wildman–Crippen LogP) is 7.00. The van der Waals surface area contributed by atoms with Gasteiger partial charge < -0.3 is 4.43 Å². The second-order valence-corrected chi connectivity index (χ2v) is 16.5. The highest BCUT2D eigenvalue weighted by Crippen LogP contribution is 2.37. The van der Waals surface area contributed by atoms with Gasteiger partial charge in [-0.3, -0.25) is 4.31 Å². The highest BCUT2D eigenvalue weighted by molar-refractivity contribution is 7.92. The van der Waals surface area contributed by atoms with Gasteiger partial charge in [0.25, 0.3) is 10.0 Å². The number of halogens is 3.